The second-order valence-corrected chi connectivity index (χ2v) is 5.68. The van der Waals surface area contributed by atoms with Crippen molar-refractivity contribution >= 4 is 5.78 Å². The van der Waals surface area contributed by atoms with Crippen LogP contribution in [0.4, 0.5) is 0 Å². The van der Waals surface area contributed by atoms with Crippen molar-refractivity contribution in [3.05, 3.63) is 29.6 Å². The Hall–Kier alpha value is -1.26. The van der Waals surface area contributed by atoms with Gasteiger partial charge < -0.3 is 10.1 Å². The molecule has 2 aliphatic rings. The topological polar surface area (TPSA) is 51.2 Å². The molecule has 1 unspecified atom stereocenters. The van der Waals surface area contributed by atoms with E-state index in [0.29, 0.717) is 19.1 Å². The molecule has 1 saturated heterocycles. The van der Waals surface area contributed by atoms with E-state index in [1.807, 2.05) is 6.07 Å². The molecular weight excluding hydrogens is 252 g/mol. The number of hydrogen-bond acceptors (Lipinski definition) is 4. The smallest absolute Gasteiger partial charge is 0.144 e. The number of fused-ring (bicyclic) bond motifs is 1. The van der Waals surface area contributed by atoms with Crippen molar-refractivity contribution in [3.63, 3.8) is 0 Å². The molecule has 1 aliphatic heterocycles. The zero-order valence-corrected chi connectivity index (χ0v) is 11.8. The predicted octanol–water partition coefficient (Wildman–Crippen LogP) is 1.84. The van der Waals surface area contributed by atoms with E-state index in [4.69, 9.17) is 4.74 Å². The molecule has 3 rings (SSSR count). The summed E-state index contributed by atoms with van der Waals surface area (Å²) in [6.07, 6.45) is 6.65. The number of nitrogens with zero attached hydrogens (tertiary/aromatic N) is 1. The summed E-state index contributed by atoms with van der Waals surface area (Å²) < 4.78 is 5.82. The van der Waals surface area contributed by atoms with Gasteiger partial charge in [-0.2, -0.15) is 0 Å². The average Bonchev–Trinajstić information content (AvgIpc) is 2.92. The molecule has 1 aliphatic carbocycles. The van der Waals surface area contributed by atoms with Gasteiger partial charge in [-0.3, -0.25) is 9.78 Å². The normalized spacial score (nSPS) is 22.7. The number of ketones is 1. The molecule has 0 amide bonds. The van der Waals surface area contributed by atoms with E-state index in [1.165, 1.54) is 5.56 Å². The maximum absolute atomic E-state index is 12.3. The molecule has 1 aromatic heterocycles. The van der Waals surface area contributed by atoms with E-state index in [2.05, 4.69) is 16.4 Å². The molecule has 20 heavy (non-hydrogen) atoms. The maximum atomic E-state index is 12.3. The third kappa shape index (κ3) is 3.07. The number of pyridine rings is 1. The number of nitrogens with one attached hydrogen (secondary N) is 1. The van der Waals surface area contributed by atoms with E-state index in [9.17, 15) is 4.79 Å². The van der Waals surface area contributed by atoms with Gasteiger partial charge in [0.2, 0.25) is 0 Å². The lowest BCUT2D eigenvalue weighted by Gasteiger charge is -2.23. The van der Waals surface area contributed by atoms with Crippen LogP contribution < -0.4 is 5.32 Å². The van der Waals surface area contributed by atoms with E-state index in [0.717, 1.165) is 44.5 Å². The van der Waals surface area contributed by atoms with E-state index in [1.54, 1.807) is 6.20 Å². The first-order chi connectivity index (χ1) is 9.84. The molecule has 4 heteroatoms. The Bertz CT molecular complexity index is 469. The van der Waals surface area contributed by atoms with Crippen LogP contribution in [0.25, 0.3) is 0 Å². The van der Waals surface area contributed by atoms with Gasteiger partial charge in [0.25, 0.3) is 0 Å². The minimum Gasteiger partial charge on any atom is -0.378 e. The summed E-state index contributed by atoms with van der Waals surface area (Å²) in [5.74, 6) is 0.291. The third-order valence-electron chi connectivity index (χ3n) is 4.34. The van der Waals surface area contributed by atoms with E-state index < -0.39 is 0 Å². The standard InChI is InChI=1S/C16H22N2O2/c19-15(7-11-20-13-5-9-17-10-6-13)14-4-3-12-2-1-8-18-16(12)14/h1-2,8,13-14,17H,3-7,9-11H2. The molecule has 108 valence electrons. The molecule has 0 spiro atoms. The highest BCUT2D eigenvalue weighted by Crippen LogP contribution is 2.32. The number of aryl methyl sites for hydroxylation is 1. The lowest BCUT2D eigenvalue weighted by Crippen LogP contribution is -2.33. The van der Waals surface area contributed by atoms with Crippen molar-refractivity contribution in [2.75, 3.05) is 19.7 Å². The maximum Gasteiger partial charge on any atom is 0.144 e. The van der Waals surface area contributed by atoms with Crippen LogP contribution >= 0.6 is 0 Å². The van der Waals surface area contributed by atoms with Crippen molar-refractivity contribution in [3.8, 4) is 0 Å². The number of piperidine rings is 1. The molecule has 0 saturated carbocycles. The van der Waals surface area contributed by atoms with Crippen LogP contribution in [0, 0.1) is 0 Å². The van der Waals surface area contributed by atoms with Crippen molar-refractivity contribution < 1.29 is 9.53 Å². The number of Topliss-reactive ketones (excluding diaryl/α,β-unsaturated/α-hetero) is 1. The number of carbonyl (C=O) groups excluding carboxylic acids is 1. The van der Waals surface area contributed by atoms with E-state index in [-0.39, 0.29) is 11.7 Å². The van der Waals surface area contributed by atoms with Gasteiger partial charge in [0.1, 0.15) is 5.78 Å². The second-order valence-electron chi connectivity index (χ2n) is 5.68. The van der Waals surface area contributed by atoms with Crippen LogP contribution in [-0.4, -0.2) is 36.6 Å². The molecule has 1 atom stereocenters. The monoisotopic (exact) mass is 274 g/mol. The van der Waals surface area contributed by atoms with Gasteiger partial charge in [-0.25, -0.2) is 0 Å². The van der Waals surface area contributed by atoms with Gasteiger partial charge in [-0.1, -0.05) is 6.07 Å². The summed E-state index contributed by atoms with van der Waals surface area (Å²) in [5.41, 5.74) is 2.24. The Balaban J connectivity index is 1.48. The molecule has 1 N–H and O–H groups in total. The minimum absolute atomic E-state index is 0.00261. The van der Waals surface area contributed by atoms with Gasteiger partial charge in [-0.15, -0.1) is 0 Å². The van der Waals surface area contributed by atoms with Crippen LogP contribution in [0.3, 0.4) is 0 Å². The highest BCUT2D eigenvalue weighted by molar-refractivity contribution is 5.86. The van der Waals surface area contributed by atoms with Crippen LogP contribution in [0.1, 0.15) is 42.9 Å². The largest absolute Gasteiger partial charge is 0.378 e. The molecule has 0 bridgehead atoms. The Morgan fingerprint density at radius 1 is 1.35 bits per heavy atom. The molecule has 1 aromatic rings. The highest BCUT2D eigenvalue weighted by atomic mass is 16.5. The van der Waals surface area contributed by atoms with Crippen molar-refractivity contribution in [1.82, 2.24) is 10.3 Å². The van der Waals surface area contributed by atoms with Crippen LogP contribution in [0.15, 0.2) is 18.3 Å². The van der Waals surface area contributed by atoms with Gasteiger partial charge in [-0.05, 0) is 50.4 Å². The summed E-state index contributed by atoms with van der Waals surface area (Å²) in [4.78, 5) is 16.7. The number of rotatable bonds is 5. The number of carbonyl (C=O) groups is 1. The molecule has 2 heterocycles. The fraction of sp³-hybridized carbons (Fsp3) is 0.625. The van der Waals surface area contributed by atoms with Crippen molar-refractivity contribution in [2.24, 2.45) is 0 Å². The Kier molecular flexibility index (Phi) is 4.43. The molecule has 1 fully saturated rings. The first-order valence-electron chi connectivity index (χ1n) is 7.63. The SMILES string of the molecule is O=C(CCOC1CCNCC1)C1CCc2cccnc21. The highest BCUT2D eigenvalue weighted by Gasteiger charge is 2.29. The summed E-state index contributed by atoms with van der Waals surface area (Å²) in [7, 11) is 0. The van der Waals surface area contributed by atoms with Gasteiger partial charge >= 0.3 is 0 Å². The summed E-state index contributed by atoms with van der Waals surface area (Å²) in [6, 6.07) is 4.03. The van der Waals surface area contributed by atoms with E-state index >= 15 is 0 Å². The summed E-state index contributed by atoms with van der Waals surface area (Å²) in [5, 5.41) is 3.31. The third-order valence-corrected chi connectivity index (χ3v) is 4.34. The lowest BCUT2D eigenvalue weighted by molar-refractivity contribution is -0.122. The van der Waals surface area contributed by atoms with Crippen molar-refractivity contribution in [1.29, 1.82) is 0 Å². The quantitative estimate of drug-likeness (QED) is 0.890. The number of hydrogen-bond donors (Lipinski definition) is 1. The van der Waals surface area contributed by atoms with Crippen LogP contribution in [0.2, 0.25) is 0 Å². The molecule has 0 aromatic carbocycles. The Morgan fingerprint density at radius 3 is 3.05 bits per heavy atom. The Morgan fingerprint density at radius 2 is 2.20 bits per heavy atom. The molecule has 0 radical (unpaired) electrons. The first-order valence-corrected chi connectivity index (χ1v) is 7.63. The van der Waals surface area contributed by atoms with Gasteiger partial charge in [0.05, 0.1) is 24.3 Å². The molecule has 4 nitrogen and oxygen atoms in total. The van der Waals surface area contributed by atoms with Gasteiger partial charge in [0, 0.05) is 12.6 Å². The summed E-state index contributed by atoms with van der Waals surface area (Å²) in [6.45, 7) is 2.61. The zero-order valence-electron chi connectivity index (χ0n) is 11.8. The summed E-state index contributed by atoms with van der Waals surface area (Å²) >= 11 is 0. The Labute approximate surface area is 119 Å². The minimum atomic E-state index is 0.00261. The number of ether oxygens (including phenoxy) is 1. The van der Waals surface area contributed by atoms with Crippen LogP contribution in [-0.2, 0) is 16.0 Å². The first kappa shape index (κ1) is 13.7. The molecular formula is C16H22N2O2. The number of aromatic nitrogens is 1. The predicted molar refractivity (Wildman–Crippen MR) is 76.8 cm³/mol. The fourth-order valence-electron chi connectivity index (χ4n) is 3.19. The second kappa shape index (κ2) is 6.46. The van der Waals surface area contributed by atoms with Gasteiger partial charge in [0.15, 0.2) is 0 Å². The van der Waals surface area contributed by atoms with Crippen LogP contribution in [0.5, 0.6) is 0 Å². The average molecular weight is 274 g/mol. The van der Waals surface area contributed by atoms with Crippen molar-refractivity contribution in [2.45, 2.75) is 44.1 Å². The zero-order chi connectivity index (χ0) is 13.8. The lowest BCUT2D eigenvalue weighted by atomic mass is 9.99. The fourth-order valence-corrected chi connectivity index (χ4v) is 3.19.